The summed E-state index contributed by atoms with van der Waals surface area (Å²) in [6, 6.07) is 81.6. The van der Waals surface area contributed by atoms with Crippen LogP contribution in [0.25, 0.3) is 76.8 Å². The fourth-order valence-corrected chi connectivity index (χ4v) is 8.18. The minimum atomic E-state index is 1.09. The number of hydrogen-bond acceptors (Lipinski definition) is 1. The number of anilines is 3. The maximum Gasteiger partial charge on any atom is 0.0546 e. The van der Waals surface area contributed by atoms with Gasteiger partial charge in [0.2, 0.25) is 0 Å². The molecule has 55 heavy (non-hydrogen) atoms. The molecule has 0 saturated heterocycles. The normalized spacial score (nSPS) is 11.3. The summed E-state index contributed by atoms with van der Waals surface area (Å²) in [5.74, 6) is 0. The zero-order chi connectivity index (χ0) is 36.6. The van der Waals surface area contributed by atoms with Crippen molar-refractivity contribution in [3.63, 3.8) is 0 Å². The fraction of sp³-hybridized carbons (Fsp3) is 0. The van der Waals surface area contributed by atoms with Crippen molar-refractivity contribution < 1.29 is 0 Å². The zero-order valence-electron chi connectivity index (χ0n) is 30.3. The maximum atomic E-state index is 2.43. The number of rotatable bonds is 7. The molecule has 0 aliphatic heterocycles. The van der Waals surface area contributed by atoms with E-state index in [-0.39, 0.29) is 0 Å². The Morgan fingerprint density at radius 2 is 0.727 bits per heavy atom. The number of hydrogen-bond donors (Lipinski definition) is 0. The molecule has 0 aliphatic rings. The van der Waals surface area contributed by atoms with Crippen LogP contribution in [0, 0.1) is 0 Å². The third kappa shape index (κ3) is 6.02. The van der Waals surface area contributed by atoms with Gasteiger partial charge in [-0.2, -0.15) is 0 Å². The Labute approximate surface area is 322 Å². The van der Waals surface area contributed by atoms with E-state index in [1.165, 1.54) is 76.8 Å². The first-order valence-corrected chi connectivity index (χ1v) is 18.9. The fourth-order valence-electron chi connectivity index (χ4n) is 8.18. The lowest BCUT2D eigenvalue weighted by molar-refractivity contribution is 1.28. The molecule has 0 fully saturated rings. The molecule has 258 valence electrons. The van der Waals surface area contributed by atoms with Crippen LogP contribution in [0.5, 0.6) is 0 Å². The van der Waals surface area contributed by atoms with Gasteiger partial charge in [-0.15, -0.1) is 0 Å². The second-order valence-electron chi connectivity index (χ2n) is 14.1. The van der Waals surface area contributed by atoms with E-state index < -0.39 is 0 Å². The van der Waals surface area contributed by atoms with Crippen LogP contribution in [0.3, 0.4) is 0 Å². The van der Waals surface area contributed by atoms with Crippen molar-refractivity contribution in [3.8, 4) is 44.5 Å². The molecule has 1 nitrogen and oxygen atoms in total. The lowest BCUT2D eigenvalue weighted by atomic mass is 9.88. The van der Waals surface area contributed by atoms with Gasteiger partial charge in [-0.05, 0) is 108 Å². The van der Waals surface area contributed by atoms with Crippen LogP contribution >= 0.6 is 0 Å². The van der Waals surface area contributed by atoms with Crippen molar-refractivity contribution in [1.29, 1.82) is 0 Å². The number of nitrogens with zero attached hydrogens (tertiary/aromatic N) is 1. The molecule has 10 aromatic rings. The molecule has 0 atom stereocenters. The Morgan fingerprint density at radius 3 is 1.42 bits per heavy atom. The van der Waals surface area contributed by atoms with Gasteiger partial charge in [0.25, 0.3) is 0 Å². The van der Waals surface area contributed by atoms with E-state index in [0.717, 1.165) is 17.1 Å². The highest BCUT2D eigenvalue weighted by Gasteiger charge is 2.22. The molecule has 0 unspecified atom stereocenters. The molecule has 0 aromatic heterocycles. The van der Waals surface area contributed by atoms with Crippen molar-refractivity contribution in [2.75, 3.05) is 4.90 Å². The van der Waals surface area contributed by atoms with Crippen molar-refractivity contribution >= 4 is 49.4 Å². The Bertz CT molecular complexity index is 2950. The lowest BCUT2D eigenvalue weighted by Gasteiger charge is -2.30. The minimum Gasteiger partial charge on any atom is -0.310 e. The van der Waals surface area contributed by atoms with E-state index in [9.17, 15) is 0 Å². The van der Waals surface area contributed by atoms with Gasteiger partial charge in [0.05, 0.1) is 5.69 Å². The second-order valence-corrected chi connectivity index (χ2v) is 14.1. The first-order valence-electron chi connectivity index (χ1n) is 18.9. The van der Waals surface area contributed by atoms with Crippen LogP contribution in [-0.4, -0.2) is 0 Å². The Balaban J connectivity index is 1.21. The standard InChI is InChI=1S/C54H37N/c1-2-13-38(14-3-1)40-29-33-46(34-30-40)55(47-35-31-43(32-36-47)49-23-10-19-41-16-6-8-21-48(41)49)53-26-12-24-51(45-28-27-39-15-4-5-18-44(39)37-45)54(53)52-25-11-20-42-17-7-9-22-50(42)52/h1-37H. The van der Waals surface area contributed by atoms with Gasteiger partial charge in [-0.25, -0.2) is 0 Å². The topological polar surface area (TPSA) is 3.24 Å². The molecule has 0 N–H and O–H groups in total. The van der Waals surface area contributed by atoms with Crippen LogP contribution in [0.4, 0.5) is 17.1 Å². The number of benzene rings is 10. The quantitative estimate of drug-likeness (QED) is 0.160. The summed E-state index contributed by atoms with van der Waals surface area (Å²) in [4.78, 5) is 2.43. The first kappa shape index (κ1) is 32.4. The van der Waals surface area contributed by atoms with E-state index in [2.05, 4.69) is 229 Å². The molecule has 0 aliphatic carbocycles. The largest absolute Gasteiger partial charge is 0.310 e. The van der Waals surface area contributed by atoms with Gasteiger partial charge in [0.15, 0.2) is 0 Å². The molecule has 10 aromatic carbocycles. The van der Waals surface area contributed by atoms with E-state index in [4.69, 9.17) is 0 Å². The molecular formula is C54H37N. The zero-order valence-corrected chi connectivity index (χ0v) is 30.3. The molecule has 0 saturated carbocycles. The van der Waals surface area contributed by atoms with Gasteiger partial charge in [-0.3, -0.25) is 0 Å². The summed E-state index contributed by atoms with van der Waals surface area (Å²) >= 11 is 0. The van der Waals surface area contributed by atoms with Gasteiger partial charge in [0.1, 0.15) is 0 Å². The molecular weight excluding hydrogens is 663 g/mol. The minimum absolute atomic E-state index is 1.09. The van der Waals surface area contributed by atoms with Gasteiger partial charge >= 0.3 is 0 Å². The van der Waals surface area contributed by atoms with Crippen molar-refractivity contribution in [2.45, 2.75) is 0 Å². The van der Waals surface area contributed by atoms with Gasteiger partial charge in [-0.1, -0.05) is 188 Å². The molecule has 1 heteroatoms. The SMILES string of the molecule is c1ccc(-c2ccc(N(c3ccc(-c4cccc5ccccc45)cc3)c3cccc(-c4ccc5ccccc5c4)c3-c3cccc4ccccc34)cc2)cc1. The van der Waals surface area contributed by atoms with Crippen molar-refractivity contribution in [2.24, 2.45) is 0 Å². The predicted molar refractivity (Wildman–Crippen MR) is 235 cm³/mol. The average molecular weight is 700 g/mol. The van der Waals surface area contributed by atoms with Crippen LogP contribution in [0.1, 0.15) is 0 Å². The lowest BCUT2D eigenvalue weighted by Crippen LogP contribution is -2.12. The van der Waals surface area contributed by atoms with Gasteiger partial charge in [0, 0.05) is 16.9 Å². The summed E-state index contributed by atoms with van der Waals surface area (Å²) in [6.45, 7) is 0. The summed E-state index contributed by atoms with van der Waals surface area (Å²) < 4.78 is 0. The highest BCUT2D eigenvalue weighted by atomic mass is 15.1. The summed E-state index contributed by atoms with van der Waals surface area (Å²) in [7, 11) is 0. The van der Waals surface area contributed by atoms with E-state index in [0.29, 0.717) is 0 Å². The Morgan fingerprint density at radius 1 is 0.255 bits per heavy atom. The summed E-state index contributed by atoms with van der Waals surface area (Å²) in [5, 5.41) is 7.41. The predicted octanol–water partition coefficient (Wildman–Crippen LogP) is 15.3. The molecule has 0 heterocycles. The average Bonchev–Trinajstić information content (AvgIpc) is 3.27. The second kappa shape index (κ2) is 14.0. The van der Waals surface area contributed by atoms with Crippen LogP contribution < -0.4 is 4.90 Å². The van der Waals surface area contributed by atoms with E-state index in [1.807, 2.05) is 0 Å². The first-order chi connectivity index (χ1) is 27.3. The highest BCUT2D eigenvalue weighted by molar-refractivity contribution is 6.07. The van der Waals surface area contributed by atoms with Crippen LogP contribution in [-0.2, 0) is 0 Å². The van der Waals surface area contributed by atoms with Crippen molar-refractivity contribution in [3.05, 3.63) is 224 Å². The third-order valence-corrected chi connectivity index (χ3v) is 10.9. The molecule has 0 radical (unpaired) electrons. The summed E-state index contributed by atoms with van der Waals surface area (Å²) in [6.07, 6.45) is 0. The van der Waals surface area contributed by atoms with E-state index in [1.54, 1.807) is 0 Å². The Hall–Kier alpha value is -7.22. The molecule has 0 amide bonds. The van der Waals surface area contributed by atoms with Crippen molar-refractivity contribution in [1.82, 2.24) is 0 Å². The highest BCUT2D eigenvalue weighted by Crippen LogP contribution is 2.48. The Kier molecular flexibility index (Phi) is 8.24. The molecule has 0 bridgehead atoms. The van der Waals surface area contributed by atoms with E-state index >= 15 is 0 Å². The molecule has 10 rings (SSSR count). The van der Waals surface area contributed by atoms with Gasteiger partial charge < -0.3 is 4.90 Å². The smallest absolute Gasteiger partial charge is 0.0546 e. The number of fused-ring (bicyclic) bond motifs is 3. The van der Waals surface area contributed by atoms with Crippen LogP contribution in [0.15, 0.2) is 224 Å². The maximum absolute atomic E-state index is 2.43. The summed E-state index contributed by atoms with van der Waals surface area (Å²) in [5.41, 5.74) is 12.9. The monoisotopic (exact) mass is 699 g/mol. The van der Waals surface area contributed by atoms with Crippen LogP contribution in [0.2, 0.25) is 0 Å². The third-order valence-electron chi connectivity index (χ3n) is 10.9. The molecule has 0 spiro atoms.